The fourth-order valence-corrected chi connectivity index (χ4v) is 3.65. The van der Waals surface area contributed by atoms with Crippen molar-refractivity contribution in [2.24, 2.45) is 0 Å². The Morgan fingerprint density at radius 2 is 1.88 bits per heavy atom. The Labute approximate surface area is 150 Å². The molecule has 0 spiro atoms. The van der Waals surface area contributed by atoms with E-state index in [9.17, 15) is 5.11 Å². The van der Waals surface area contributed by atoms with E-state index in [-0.39, 0.29) is 0 Å². The van der Waals surface area contributed by atoms with E-state index in [0.717, 1.165) is 25.1 Å². The van der Waals surface area contributed by atoms with Gasteiger partial charge in [0.25, 0.3) is 0 Å². The monoisotopic (exact) mass is 346 g/mol. The first kappa shape index (κ1) is 19.0. The van der Waals surface area contributed by atoms with Gasteiger partial charge in [0.2, 0.25) is 0 Å². The molecule has 0 aliphatic carbocycles. The van der Waals surface area contributed by atoms with E-state index in [2.05, 4.69) is 27.7 Å². The molecule has 0 unspecified atom stereocenters. The quantitative estimate of drug-likeness (QED) is 0.746. The lowest BCUT2D eigenvalue weighted by Gasteiger charge is -2.14. The highest BCUT2D eigenvalue weighted by Gasteiger charge is 2.11. The molecule has 1 aliphatic heterocycles. The lowest BCUT2D eigenvalue weighted by molar-refractivity contribution is 0.341. The normalized spacial score (nSPS) is 14.4. The van der Waals surface area contributed by atoms with Gasteiger partial charge in [-0.3, -0.25) is 0 Å². The SMILES string of the molecule is CNCCCc1cccs1.Oc1ccccc1CCN1CCCC1. The number of benzene rings is 1. The number of nitrogens with one attached hydrogen (secondary N) is 1. The second-order valence-corrected chi connectivity index (χ2v) is 7.25. The van der Waals surface area contributed by atoms with Crippen LogP contribution >= 0.6 is 11.3 Å². The van der Waals surface area contributed by atoms with Crippen molar-refractivity contribution in [1.29, 1.82) is 0 Å². The van der Waals surface area contributed by atoms with Gasteiger partial charge in [-0.25, -0.2) is 0 Å². The molecule has 1 fully saturated rings. The van der Waals surface area contributed by atoms with Crippen LogP contribution in [0.15, 0.2) is 41.8 Å². The molecule has 0 saturated carbocycles. The molecule has 0 atom stereocenters. The second kappa shape index (κ2) is 11.2. The van der Waals surface area contributed by atoms with E-state index in [1.54, 1.807) is 6.07 Å². The lowest BCUT2D eigenvalue weighted by atomic mass is 10.1. The molecule has 4 heteroatoms. The first-order valence-electron chi connectivity index (χ1n) is 8.96. The molecule has 132 valence electrons. The van der Waals surface area contributed by atoms with E-state index < -0.39 is 0 Å². The molecule has 1 saturated heterocycles. The van der Waals surface area contributed by atoms with Gasteiger partial charge in [-0.05, 0) is 81.9 Å². The predicted molar refractivity (Wildman–Crippen MR) is 104 cm³/mol. The maximum absolute atomic E-state index is 9.57. The number of aromatic hydroxyl groups is 1. The van der Waals surface area contributed by atoms with Gasteiger partial charge in [0.15, 0.2) is 0 Å². The summed E-state index contributed by atoms with van der Waals surface area (Å²) < 4.78 is 0. The van der Waals surface area contributed by atoms with E-state index in [1.807, 2.05) is 36.6 Å². The summed E-state index contributed by atoms with van der Waals surface area (Å²) in [4.78, 5) is 3.96. The van der Waals surface area contributed by atoms with Crippen molar-refractivity contribution in [1.82, 2.24) is 10.2 Å². The van der Waals surface area contributed by atoms with E-state index in [1.165, 1.54) is 43.6 Å². The van der Waals surface area contributed by atoms with Crippen molar-refractivity contribution >= 4 is 11.3 Å². The Hall–Kier alpha value is -1.36. The number of rotatable bonds is 7. The molecule has 2 N–H and O–H groups in total. The molecule has 2 aromatic rings. The van der Waals surface area contributed by atoms with Crippen LogP contribution in [-0.2, 0) is 12.8 Å². The van der Waals surface area contributed by atoms with Crippen LogP contribution in [0.4, 0.5) is 0 Å². The first-order valence-corrected chi connectivity index (χ1v) is 9.84. The van der Waals surface area contributed by atoms with Crippen LogP contribution in [0, 0.1) is 0 Å². The maximum atomic E-state index is 9.57. The van der Waals surface area contributed by atoms with Crippen molar-refractivity contribution in [2.75, 3.05) is 33.2 Å². The number of hydrogen-bond acceptors (Lipinski definition) is 4. The summed E-state index contributed by atoms with van der Waals surface area (Å²) in [7, 11) is 1.99. The highest BCUT2D eigenvalue weighted by molar-refractivity contribution is 7.09. The smallest absolute Gasteiger partial charge is 0.118 e. The number of hydrogen-bond donors (Lipinski definition) is 2. The molecule has 0 radical (unpaired) electrons. The molecule has 1 aliphatic rings. The molecule has 2 heterocycles. The molecule has 3 rings (SSSR count). The molecule has 0 bridgehead atoms. The molecule has 1 aromatic heterocycles. The van der Waals surface area contributed by atoms with Gasteiger partial charge in [0, 0.05) is 11.4 Å². The third kappa shape index (κ3) is 7.04. The van der Waals surface area contributed by atoms with Crippen molar-refractivity contribution in [3.63, 3.8) is 0 Å². The zero-order valence-electron chi connectivity index (χ0n) is 14.7. The van der Waals surface area contributed by atoms with Gasteiger partial charge in [-0.2, -0.15) is 0 Å². The average molecular weight is 347 g/mol. The predicted octanol–water partition coefficient (Wildman–Crippen LogP) is 3.93. The number of para-hydroxylation sites is 1. The number of likely N-dealkylation sites (tertiary alicyclic amines) is 1. The Kier molecular flexibility index (Phi) is 8.88. The summed E-state index contributed by atoms with van der Waals surface area (Å²) in [6, 6.07) is 11.9. The molecule has 3 nitrogen and oxygen atoms in total. The minimum absolute atomic E-state index is 0.437. The topological polar surface area (TPSA) is 35.5 Å². The van der Waals surface area contributed by atoms with Crippen molar-refractivity contribution in [2.45, 2.75) is 32.1 Å². The Balaban J connectivity index is 0.000000185. The van der Waals surface area contributed by atoms with Gasteiger partial charge >= 0.3 is 0 Å². The number of phenolic OH excluding ortho intramolecular Hbond substituents is 1. The molecular weight excluding hydrogens is 316 g/mol. The first-order chi connectivity index (χ1) is 11.8. The van der Waals surface area contributed by atoms with Crippen LogP contribution in [0.5, 0.6) is 5.75 Å². The van der Waals surface area contributed by atoms with Crippen molar-refractivity contribution < 1.29 is 5.11 Å². The zero-order valence-corrected chi connectivity index (χ0v) is 15.5. The third-order valence-corrected chi connectivity index (χ3v) is 5.25. The van der Waals surface area contributed by atoms with E-state index in [4.69, 9.17) is 0 Å². The largest absolute Gasteiger partial charge is 0.508 e. The number of thiophene rings is 1. The lowest BCUT2D eigenvalue weighted by Crippen LogP contribution is -2.21. The zero-order chi connectivity index (χ0) is 17.0. The number of aryl methyl sites for hydroxylation is 1. The van der Waals surface area contributed by atoms with Gasteiger partial charge in [-0.1, -0.05) is 24.3 Å². The summed E-state index contributed by atoms with van der Waals surface area (Å²) in [6.07, 6.45) is 6.10. The fourth-order valence-electron chi connectivity index (χ4n) is 2.90. The van der Waals surface area contributed by atoms with Gasteiger partial charge < -0.3 is 15.3 Å². The maximum Gasteiger partial charge on any atom is 0.118 e. The van der Waals surface area contributed by atoms with Crippen LogP contribution in [0.25, 0.3) is 0 Å². The molecule has 1 aromatic carbocycles. The third-order valence-electron chi connectivity index (χ3n) is 4.32. The molecule has 24 heavy (non-hydrogen) atoms. The Morgan fingerprint density at radius 3 is 2.54 bits per heavy atom. The average Bonchev–Trinajstić information content (AvgIpc) is 3.29. The fraction of sp³-hybridized carbons (Fsp3) is 0.500. The van der Waals surface area contributed by atoms with Crippen LogP contribution in [0.2, 0.25) is 0 Å². The van der Waals surface area contributed by atoms with Crippen LogP contribution < -0.4 is 5.32 Å². The Bertz CT molecular complexity index is 551. The summed E-state index contributed by atoms with van der Waals surface area (Å²) in [5.41, 5.74) is 1.07. The minimum Gasteiger partial charge on any atom is -0.508 e. The van der Waals surface area contributed by atoms with Crippen LogP contribution in [0.1, 0.15) is 29.7 Å². The highest BCUT2D eigenvalue weighted by Crippen LogP contribution is 2.17. The van der Waals surface area contributed by atoms with E-state index >= 15 is 0 Å². The number of nitrogens with zero attached hydrogens (tertiary/aromatic N) is 1. The minimum atomic E-state index is 0.437. The highest BCUT2D eigenvalue weighted by atomic mass is 32.1. The Morgan fingerprint density at radius 1 is 1.08 bits per heavy atom. The number of phenols is 1. The summed E-state index contributed by atoms with van der Waals surface area (Å²) in [5.74, 6) is 0.437. The van der Waals surface area contributed by atoms with Crippen molar-refractivity contribution in [3.05, 3.63) is 52.2 Å². The molecular formula is C20H30N2OS. The standard InChI is InChI=1S/C12H17NO.C8H13NS/c14-12-6-2-1-5-11(12)7-10-13-8-3-4-9-13;1-9-6-2-4-8-5-3-7-10-8/h1-2,5-6,14H,3-4,7-10H2;3,5,7,9H,2,4,6H2,1H3. The second-order valence-electron chi connectivity index (χ2n) is 6.21. The molecule has 0 amide bonds. The van der Waals surface area contributed by atoms with Crippen LogP contribution in [-0.4, -0.2) is 43.2 Å². The summed E-state index contributed by atoms with van der Waals surface area (Å²) >= 11 is 1.85. The van der Waals surface area contributed by atoms with Crippen LogP contribution in [0.3, 0.4) is 0 Å². The summed E-state index contributed by atoms with van der Waals surface area (Å²) in [6.45, 7) is 4.66. The van der Waals surface area contributed by atoms with E-state index in [0.29, 0.717) is 5.75 Å². The van der Waals surface area contributed by atoms with Crippen molar-refractivity contribution in [3.8, 4) is 5.75 Å². The van der Waals surface area contributed by atoms with Gasteiger partial charge in [-0.15, -0.1) is 11.3 Å². The summed E-state index contributed by atoms with van der Waals surface area (Å²) in [5, 5.41) is 14.8. The van der Waals surface area contributed by atoms with Gasteiger partial charge in [0.05, 0.1) is 0 Å². The van der Waals surface area contributed by atoms with Gasteiger partial charge in [0.1, 0.15) is 5.75 Å².